The van der Waals surface area contributed by atoms with Crippen LogP contribution in [0.3, 0.4) is 0 Å². The number of aryl methyl sites for hydroxylation is 1. The molecular formula is C15H15F3N4. The maximum Gasteiger partial charge on any atom is 0.433 e. The molecule has 0 saturated carbocycles. The third-order valence-electron chi connectivity index (χ3n) is 3.73. The van der Waals surface area contributed by atoms with Gasteiger partial charge in [-0.15, -0.1) is 0 Å². The van der Waals surface area contributed by atoms with Crippen molar-refractivity contribution in [2.45, 2.75) is 31.5 Å². The number of alkyl halides is 3. The summed E-state index contributed by atoms with van der Waals surface area (Å²) in [5.41, 5.74) is 7.69. The Bertz CT molecular complexity index is 685. The second-order valence-electron chi connectivity index (χ2n) is 5.31. The molecule has 22 heavy (non-hydrogen) atoms. The van der Waals surface area contributed by atoms with Gasteiger partial charge in [0.15, 0.2) is 0 Å². The third kappa shape index (κ3) is 2.98. The number of nitrogens with two attached hydrogens (primary N) is 1. The van der Waals surface area contributed by atoms with Gasteiger partial charge in [-0.1, -0.05) is 6.07 Å². The van der Waals surface area contributed by atoms with Gasteiger partial charge in [-0.25, -0.2) is 9.97 Å². The topological polar surface area (TPSA) is 63.8 Å². The number of nitrogen functional groups attached to an aromatic ring is 1. The van der Waals surface area contributed by atoms with Gasteiger partial charge < -0.3 is 11.1 Å². The first-order valence-corrected chi connectivity index (χ1v) is 6.98. The molecule has 1 aromatic heterocycles. The summed E-state index contributed by atoms with van der Waals surface area (Å²) in [4.78, 5) is 7.45. The van der Waals surface area contributed by atoms with Crippen LogP contribution in [-0.4, -0.2) is 9.97 Å². The van der Waals surface area contributed by atoms with Gasteiger partial charge in [0.2, 0.25) is 5.95 Å². The van der Waals surface area contributed by atoms with Crippen molar-refractivity contribution in [1.29, 1.82) is 0 Å². The lowest BCUT2D eigenvalue weighted by atomic mass is 9.87. The van der Waals surface area contributed by atoms with Crippen molar-refractivity contribution in [3.8, 4) is 0 Å². The second-order valence-corrected chi connectivity index (χ2v) is 5.31. The number of anilines is 2. The fourth-order valence-corrected chi connectivity index (χ4v) is 2.73. The molecule has 2 aromatic rings. The van der Waals surface area contributed by atoms with Crippen LogP contribution in [0.1, 0.15) is 35.7 Å². The van der Waals surface area contributed by atoms with Gasteiger partial charge >= 0.3 is 6.18 Å². The predicted molar refractivity (Wildman–Crippen MR) is 77.2 cm³/mol. The zero-order valence-electron chi connectivity index (χ0n) is 11.7. The van der Waals surface area contributed by atoms with Crippen LogP contribution in [0, 0.1) is 0 Å². The van der Waals surface area contributed by atoms with Crippen LogP contribution >= 0.6 is 0 Å². The summed E-state index contributed by atoms with van der Waals surface area (Å²) in [5.74, 6) is -0.00972. The van der Waals surface area contributed by atoms with E-state index in [1.165, 1.54) is 0 Å². The molecule has 0 saturated heterocycles. The summed E-state index contributed by atoms with van der Waals surface area (Å²) in [6.45, 7) is 0. The number of rotatable bonds is 2. The Balaban J connectivity index is 1.86. The molecule has 0 radical (unpaired) electrons. The number of hydrogen-bond donors (Lipinski definition) is 2. The minimum atomic E-state index is -4.47. The fourth-order valence-electron chi connectivity index (χ4n) is 2.73. The molecule has 3 rings (SSSR count). The zero-order chi connectivity index (χ0) is 15.7. The lowest BCUT2D eigenvalue weighted by Gasteiger charge is -2.26. The lowest BCUT2D eigenvalue weighted by Crippen LogP contribution is -2.20. The van der Waals surface area contributed by atoms with Gasteiger partial charge in [0.05, 0.1) is 6.04 Å². The van der Waals surface area contributed by atoms with E-state index in [0.29, 0.717) is 5.69 Å². The monoisotopic (exact) mass is 308 g/mol. The van der Waals surface area contributed by atoms with Crippen LogP contribution in [0.15, 0.2) is 30.5 Å². The fraction of sp³-hybridized carbons (Fsp3) is 0.333. The van der Waals surface area contributed by atoms with E-state index < -0.39 is 11.9 Å². The molecule has 0 bridgehead atoms. The highest BCUT2D eigenvalue weighted by Crippen LogP contribution is 2.33. The van der Waals surface area contributed by atoms with Crippen molar-refractivity contribution >= 4 is 11.6 Å². The van der Waals surface area contributed by atoms with E-state index in [-0.39, 0.29) is 12.0 Å². The molecule has 7 heteroatoms. The van der Waals surface area contributed by atoms with Gasteiger partial charge in [-0.05, 0) is 48.6 Å². The van der Waals surface area contributed by atoms with E-state index in [9.17, 15) is 13.2 Å². The van der Waals surface area contributed by atoms with Gasteiger partial charge in [0, 0.05) is 11.9 Å². The van der Waals surface area contributed by atoms with E-state index >= 15 is 0 Å². The number of hydrogen-bond acceptors (Lipinski definition) is 4. The summed E-state index contributed by atoms with van der Waals surface area (Å²) >= 11 is 0. The van der Waals surface area contributed by atoms with E-state index in [1.54, 1.807) is 6.07 Å². The molecule has 1 heterocycles. The third-order valence-corrected chi connectivity index (χ3v) is 3.73. The Hall–Kier alpha value is -2.31. The highest BCUT2D eigenvalue weighted by Gasteiger charge is 2.33. The standard InChI is InChI=1S/C15H15F3N4/c16-15(17,18)13-6-7-20-14(22-13)21-12-3-1-2-9-8-10(19)4-5-11(9)12/h4-8,12H,1-3,19H2,(H,20,21,22). The predicted octanol–water partition coefficient (Wildman–Crippen LogP) is 3.57. The number of nitrogens with one attached hydrogen (secondary N) is 1. The first-order chi connectivity index (χ1) is 10.4. The average Bonchev–Trinajstić information content (AvgIpc) is 2.46. The molecule has 1 atom stereocenters. The van der Waals surface area contributed by atoms with E-state index in [4.69, 9.17) is 5.73 Å². The molecule has 0 aliphatic heterocycles. The Morgan fingerprint density at radius 3 is 2.82 bits per heavy atom. The zero-order valence-corrected chi connectivity index (χ0v) is 11.7. The SMILES string of the molecule is Nc1ccc2c(c1)CCCC2Nc1nccc(C(F)(F)F)n1. The number of fused-ring (bicyclic) bond motifs is 1. The molecule has 3 N–H and O–H groups in total. The van der Waals surface area contributed by atoms with Crippen LogP contribution in [0.25, 0.3) is 0 Å². The first-order valence-electron chi connectivity index (χ1n) is 6.98. The maximum absolute atomic E-state index is 12.7. The molecule has 0 amide bonds. The highest BCUT2D eigenvalue weighted by molar-refractivity contribution is 5.48. The molecule has 1 aliphatic rings. The van der Waals surface area contributed by atoms with E-state index in [2.05, 4.69) is 15.3 Å². The van der Waals surface area contributed by atoms with Gasteiger partial charge in [-0.3, -0.25) is 0 Å². The van der Waals surface area contributed by atoms with E-state index in [0.717, 1.165) is 42.7 Å². The second kappa shape index (κ2) is 5.47. The number of benzene rings is 1. The summed E-state index contributed by atoms with van der Waals surface area (Å²) < 4.78 is 38.1. The summed E-state index contributed by atoms with van der Waals surface area (Å²) in [6.07, 6.45) is -0.686. The Morgan fingerprint density at radius 2 is 2.05 bits per heavy atom. The van der Waals surface area contributed by atoms with Crippen molar-refractivity contribution in [3.63, 3.8) is 0 Å². The molecule has 1 aliphatic carbocycles. The summed E-state index contributed by atoms with van der Waals surface area (Å²) in [6, 6.07) is 6.38. The minimum absolute atomic E-state index is 0.00972. The van der Waals surface area contributed by atoms with Crippen LogP contribution in [0.4, 0.5) is 24.8 Å². The van der Waals surface area contributed by atoms with Crippen molar-refractivity contribution in [3.05, 3.63) is 47.3 Å². The Morgan fingerprint density at radius 1 is 1.23 bits per heavy atom. The largest absolute Gasteiger partial charge is 0.433 e. The highest BCUT2D eigenvalue weighted by atomic mass is 19.4. The quantitative estimate of drug-likeness (QED) is 0.833. The van der Waals surface area contributed by atoms with Crippen molar-refractivity contribution in [1.82, 2.24) is 9.97 Å². The molecule has 4 nitrogen and oxygen atoms in total. The molecule has 0 fully saturated rings. The smallest absolute Gasteiger partial charge is 0.399 e. The Labute approximate surface area is 125 Å². The van der Waals surface area contributed by atoms with E-state index in [1.807, 2.05) is 12.1 Å². The van der Waals surface area contributed by atoms with Crippen LogP contribution in [0.5, 0.6) is 0 Å². The number of aromatic nitrogens is 2. The van der Waals surface area contributed by atoms with Gasteiger partial charge in [0.25, 0.3) is 0 Å². The Kier molecular flexibility index (Phi) is 3.64. The van der Waals surface area contributed by atoms with Crippen LogP contribution in [-0.2, 0) is 12.6 Å². The van der Waals surface area contributed by atoms with Crippen LogP contribution in [0.2, 0.25) is 0 Å². The van der Waals surface area contributed by atoms with Crippen LogP contribution < -0.4 is 11.1 Å². The molecule has 116 valence electrons. The molecule has 1 unspecified atom stereocenters. The normalized spacial score (nSPS) is 17.9. The summed E-state index contributed by atoms with van der Waals surface area (Å²) in [7, 11) is 0. The van der Waals surface area contributed by atoms with Gasteiger partial charge in [-0.2, -0.15) is 13.2 Å². The van der Waals surface area contributed by atoms with Crippen molar-refractivity contribution < 1.29 is 13.2 Å². The maximum atomic E-state index is 12.7. The summed E-state index contributed by atoms with van der Waals surface area (Å²) in [5, 5.41) is 3.01. The number of nitrogens with zero attached hydrogens (tertiary/aromatic N) is 2. The molecule has 0 spiro atoms. The molecular weight excluding hydrogens is 293 g/mol. The number of halogens is 3. The molecule has 1 aromatic carbocycles. The van der Waals surface area contributed by atoms with Crippen molar-refractivity contribution in [2.24, 2.45) is 0 Å². The minimum Gasteiger partial charge on any atom is -0.399 e. The lowest BCUT2D eigenvalue weighted by molar-refractivity contribution is -0.141. The average molecular weight is 308 g/mol. The van der Waals surface area contributed by atoms with Crippen molar-refractivity contribution in [2.75, 3.05) is 11.1 Å². The van der Waals surface area contributed by atoms with Gasteiger partial charge in [0.1, 0.15) is 5.69 Å². The first kappa shape index (κ1) is 14.6.